The van der Waals surface area contributed by atoms with Crippen molar-refractivity contribution in [3.63, 3.8) is 0 Å². The van der Waals surface area contributed by atoms with Gasteiger partial charge in [-0.2, -0.15) is 13.2 Å². The van der Waals surface area contributed by atoms with Crippen molar-refractivity contribution in [2.75, 3.05) is 45.9 Å². The molecule has 0 aliphatic carbocycles. The van der Waals surface area contributed by atoms with Crippen LogP contribution in [0.25, 0.3) is 0 Å². The molecule has 3 saturated heterocycles. The quantitative estimate of drug-likeness (QED) is 0.448. The Morgan fingerprint density at radius 1 is 1.21 bits per heavy atom. The molecule has 0 spiro atoms. The Bertz CT molecular complexity index is 1190. The Kier molecular flexibility index (Phi) is 8.97. The molecule has 4 atom stereocenters. The van der Waals surface area contributed by atoms with E-state index in [-0.39, 0.29) is 44.0 Å². The number of likely N-dealkylation sites (tertiary alicyclic amines) is 1. The van der Waals surface area contributed by atoms with Gasteiger partial charge in [0.15, 0.2) is 5.72 Å². The van der Waals surface area contributed by atoms with Gasteiger partial charge in [-0.3, -0.25) is 9.78 Å². The van der Waals surface area contributed by atoms with Crippen molar-refractivity contribution in [3.8, 4) is 0 Å². The summed E-state index contributed by atoms with van der Waals surface area (Å²) < 4.78 is 47.0. The van der Waals surface area contributed by atoms with Crippen molar-refractivity contribution < 1.29 is 27.5 Å². The Morgan fingerprint density at radius 2 is 2.05 bits per heavy atom. The van der Waals surface area contributed by atoms with Gasteiger partial charge >= 0.3 is 12.2 Å². The summed E-state index contributed by atoms with van der Waals surface area (Å²) in [6.07, 6.45) is 4.39. The highest BCUT2D eigenvalue weighted by atomic mass is 19.4. The molecule has 1 unspecified atom stereocenters. The summed E-state index contributed by atoms with van der Waals surface area (Å²) in [4.78, 5) is 36.0. The van der Waals surface area contributed by atoms with Crippen LogP contribution < -0.4 is 16.0 Å². The smallest absolute Gasteiger partial charge is 0.363 e. The number of hydrogen-bond acceptors (Lipinski definition) is 7. The Balaban J connectivity index is 1.42. The number of rotatable bonds is 7. The molecular weight excluding hydrogens is 551 g/mol. The van der Waals surface area contributed by atoms with Crippen LogP contribution in [-0.4, -0.2) is 102 Å². The lowest BCUT2D eigenvalue weighted by Gasteiger charge is -2.46. The number of piperazine rings is 1. The lowest BCUT2D eigenvalue weighted by molar-refractivity contribution is -0.170. The highest BCUT2D eigenvalue weighted by Crippen LogP contribution is 2.35. The third kappa shape index (κ3) is 6.07. The zero-order valence-electron chi connectivity index (χ0n) is 24.1. The topological polar surface area (TPSA) is 102 Å². The van der Waals surface area contributed by atoms with E-state index in [1.807, 2.05) is 38.1 Å². The number of carbonyl (C=O) groups excluding carboxylic acids is 2. The molecule has 5 heterocycles. The summed E-state index contributed by atoms with van der Waals surface area (Å²) in [7, 11) is 0. The molecule has 3 amide bonds. The van der Waals surface area contributed by atoms with Crippen LogP contribution in [0.5, 0.6) is 0 Å². The van der Waals surface area contributed by atoms with Crippen LogP contribution in [0.2, 0.25) is 0 Å². The first-order valence-electron chi connectivity index (χ1n) is 14.8. The normalized spacial score (nSPS) is 28.3. The number of allylic oxidation sites excluding steroid dienone is 1. The molecule has 42 heavy (non-hydrogen) atoms. The summed E-state index contributed by atoms with van der Waals surface area (Å²) in [5.74, 6) is -0.269. The second-order valence-corrected chi connectivity index (χ2v) is 11.2. The van der Waals surface area contributed by atoms with Gasteiger partial charge in [0.25, 0.3) is 5.91 Å². The second kappa shape index (κ2) is 12.5. The van der Waals surface area contributed by atoms with Gasteiger partial charge in [0.05, 0.1) is 5.70 Å². The van der Waals surface area contributed by atoms with Crippen molar-refractivity contribution in [1.82, 2.24) is 35.6 Å². The number of nitrogens with one attached hydrogen (secondary N) is 3. The minimum Gasteiger partial charge on any atom is -0.363 e. The number of amides is 3. The van der Waals surface area contributed by atoms with Gasteiger partial charge in [-0.1, -0.05) is 13.0 Å². The lowest BCUT2D eigenvalue weighted by atomic mass is 9.97. The van der Waals surface area contributed by atoms with Gasteiger partial charge < -0.3 is 35.4 Å². The largest absolute Gasteiger partial charge is 0.408 e. The van der Waals surface area contributed by atoms with E-state index in [0.29, 0.717) is 43.9 Å². The molecule has 230 valence electrons. The van der Waals surface area contributed by atoms with E-state index in [1.165, 1.54) is 4.90 Å². The molecule has 0 bridgehead atoms. The number of halogens is 3. The van der Waals surface area contributed by atoms with Crippen molar-refractivity contribution in [3.05, 3.63) is 53.6 Å². The lowest BCUT2D eigenvalue weighted by Crippen LogP contribution is -2.59. The van der Waals surface area contributed by atoms with Crippen molar-refractivity contribution in [2.45, 2.75) is 69.6 Å². The molecule has 1 aromatic heterocycles. The second-order valence-electron chi connectivity index (χ2n) is 11.2. The van der Waals surface area contributed by atoms with E-state index in [9.17, 15) is 22.8 Å². The fourth-order valence-electron chi connectivity index (χ4n) is 6.38. The zero-order valence-corrected chi connectivity index (χ0v) is 24.1. The summed E-state index contributed by atoms with van der Waals surface area (Å²) in [6, 6.07) is 1.16. The molecule has 4 aliphatic rings. The highest BCUT2D eigenvalue weighted by Gasteiger charge is 2.49. The number of aromatic nitrogens is 1. The number of hydrogen-bond donors (Lipinski definition) is 3. The fourth-order valence-corrected chi connectivity index (χ4v) is 6.38. The summed E-state index contributed by atoms with van der Waals surface area (Å²) >= 11 is 0. The van der Waals surface area contributed by atoms with Gasteiger partial charge in [0, 0.05) is 69.4 Å². The van der Waals surface area contributed by atoms with Gasteiger partial charge in [-0.15, -0.1) is 0 Å². The highest BCUT2D eigenvalue weighted by molar-refractivity contribution is 5.94. The number of nitrogens with zero attached hydrogens (tertiary/aromatic N) is 4. The van der Waals surface area contributed by atoms with Crippen LogP contribution in [-0.2, 0) is 15.3 Å². The molecule has 1 aromatic rings. The first-order chi connectivity index (χ1) is 20.2. The number of alkyl halides is 3. The molecule has 0 radical (unpaired) electrons. The van der Waals surface area contributed by atoms with Gasteiger partial charge in [-0.05, 0) is 57.4 Å². The van der Waals surface area contributed by atoms with Crippen LogP contribution in [0.1, 0.15) is 45.1 Å². The third-order valence-corrected chi connectivity index (χ3v) is 8.54. The number of ether oxygens (including phenoxy) is 1. The fraction of sp³-hybridized carbons (Fsp3) is 0.621. The molecule has 10 nitrogen and oxygen atoms in total. The molecule has 3 fully saturated rings. The first-order valence-corrected chi connectivity index (χ1v) is 14.8. The monoisotopic (exact) mass is 591 g/mol. The molecule has 3 N–H and O–H groups in total. The van der Waals surface area contributed by atoms with E-state index in [1.54, 1.807) is 12.4 Å². The third-order valence-electron chi connectivity index (χ3n) is 8.54. The van der Waals surface area contributed by atoms with Crippen molar-refractivity contribution in [1.29, 1.82) is 0 Å². The average Bonchev–Trinajstić information content (AvgIpc) is 3.70. The van der Waals surface area contributed by atoms with E-state index < -0.39 is 24.0 Å². The van der Waals surface area contributed by atoms with E-state index in [4.69, 9.17) is 4.74 Å². The van der Waals surface area contributed by atoms with Crippen LogP contribution >= 0.6 is 0 Å². The number of pyridine rings is 1. The Morgan fingerprint density at radius 3 is 2.71 bits per heavy atom. The minimum atomic E-state index is -4.44. The molecular formula is C29H40F3N7O3. The maximum absolute atomic E-state index is 13.8. The predicted octanol–water partition coefficient (Wildman–Crippen LogP) is 2.66. The van der Waals surface area contributed by atoms with Crippen LogP contribution in [0.3, 0.4) is 0 Å². The van der Waals surface area contributed by atoms with Gasteiger partial charge in [-0.25, -0.2) is 4.79 Å². The number of urea groups is 1. The molecule has 5 rings (SSSR count). The van der Waals surface area contributed by atoms with Crippen LogP contribution in [0, 0.1) is 0 Å². The average molecular weight is 592 g/mol. The van der Waals surface area contributed by atoms with Crippen LogP contribution in [0.4, 0.5) is 18.0 Å². The zero-order chi connectivity index (χ0) is 29.9. The number of carbonyl (C=O) groups is 2. The number of dihydropyridines is 1. The summed E-state index contributed by atoms with van der Waals surface area (Å²) in [6.45, 7) is 6.70. The Labute approximate surface area is 244 Å². The molecule has 4 aliphatic heterocycles. The summed E-state index contributed by atoms with van der Waals surface area (Å²) in [5, 5.41) is 9.79. The maximum Gasteiger partial charge on any atom is 0.408 e. The molecule has 13 heteroatoms. The first kappa shape index (κ1) is 30.1. The van der Waals surface area contributed by atoms with Crippen molar-refractivity contribution in [2.24, 2.45) is 0 Å². The molecule has 0 saturated carbocycles. The van der Waals surface area contributed by atoms with E-state index in [0.717, 1.165) is 23.4 Å². The Hall–Kier alpha value is -3.32. The molecule has 0 aromatic carbocycles. The standard InChI is InChI=1S/C29H40F3N7O3/c1-3-22-19-37(27(41)39-14-6-8-24(39)29(30,31)32)15-16-38(22)23-9-11-28(42-4-2,20-7-5-12-33-17-20)36-25(23)26(40)35-21-10-13-34-18-21/h5,7,9,11-12,17,21-22,24,34,36H,3-4,6,8,10,13-16,18-19H2,1-2H3,(H,35,40)/t21-,22-,24-,28?/m1/s1. The predicted molar refractivity (Wildman–Crippen MR) is 150 cm³/mol. The van der Waals surface area contributed by atoms with Crippen molar-refractivity contribution >= 4 is 11.9 Å². The van der Waals surface area contributed by atoms with E-state index >= 15 is 0 Å². The van der Waals surface area contributed by atoms with E-state index in [2.05, 4.69) is 25.8 Å². The maximum atomic E-state index is 13.8. The minimum absolute atomic E-state index is 0.0164. The van der Waals surface area contributed by atoms with Crippen LogP contribution in [0.15, 0.2) is 48.1 Å². The van der Waals surface area contributed by atoms with Gasteiger partial charge in [0.1, 0.15) is 11.7 Å². The summed E-state index contributed by atoms with van der Waals surface area (Å²) in [5.41, 5.74) is 0.624. The van der Waals surface area contributed by atoms with Gasteiger partial charge in [0.2, 0.25) is 0 Å². The SMILES string of the molecule is CCOC1(c2cccnc2)C=CC(N2CCN(C(=O)N3CCC[C@@H]3C(F)(F)F)C[C@H]2CC)=C(C(=O)N[C@@H]2CCNC2)N1.